The molecule has 0 aliphatic carbocycles. The maximum Gasteiger partial charge on any atom is 0.165 e. The molecule has 1 N–H and O–H groups in total. The van der Waals surface area contributed by atoms with Crippen molar-refractivity contribution >= 4 is 0 Å². The highest BCUT2D eigenvalue weighted by atomic mass is 19.1. The Hall–Kier alpha value is -2.27. The Labute approximate surface area is 141 Å². The van der Waals surface area contributed by atoms with Crippen LogP contribution in [-0.2, 0) is 6.42 Å². The van der Waals surface area contributed by atoms with Crippen molar-refractivity contribution in [2.24, 2.45) is 0 Å². The normalized spacial score (nSPS) is 16.4. The number of ether oxygens (including phenoxy) is 3. The van der Waals surface area contributed by atoms with E-state index in [0.717, 1.165) is 29.8 Å². The zero-order valence-electron chi connectivity index (χ0n) is 14.2. The average molecular weight is 331 g/mol. The fourth-order valence-electron chi connectivity index (χ4n) is 3.15. The fourth-order valence-corrected chi connectivity index (χ4v) is 3.15. The molecule has 2 aromatic rings. The second kappa shape index (κ2) is 7.09. The lowest BCUT2D eigenvalue weighted by Crippen LogP contribution is -2.30. The molecule has 1 unspecified atom stereocenters. The number of hydrogen-bond acceptors (Lipinski definition) is 4. The summed E-state index contributed by atoms with van der Waals surface area (Å²) in [5, 5.41) is 3.46. The van der Waals surface area contributed by atoms with E-state index in [1.165, 1.54) is 18.7 Å². The third-order valence-corrected chi connectivity index (χ3v) is 4.29. The van der Waals surface area contributed by atoms with Crippen molar-refractivity contribution in [1.29, 1.82) is 0 Å². The topological polar surface area (TPSA) is 39.7 Å². The highest BCUT2D eigenvalue weighted by Gasteiger charge is 2.24. The number of fused-ring (bicyclic) bond motifs is 1. The van der Waals surface area contributed by atoms with Crippen LogP contribution in [0.15, 0.2) is 30.3 Å². The van der Waals surface area contributed by atoms with Crippen molar-refractivity contribution in [2.45, 2.75) is 19.4 Å². The van der Waals surface area contributed by atoms with Crippen LogP contribution in [0, 0.1) is 5.82 Å². The lowest BCUT2D eigenvalue weighted by Gasteiger charge is -2.29. The zero-order valence-corrected chi connectivity index (χ0v) is 14.2. The smallest absolute Gasteiger partial charge is 0.165 e. The average Bonchev–Trinajstić information content (AvgIpc) is 2.61. The number of methoxy groups -OCH3 is 2. The van der Waals surface area contributed by atoms with Gasteiger partial charge in [0.2, 0.25) is 0 Å². The minimum atomic E-state index is -0.359. The molecule has 2 aromatic carbocycles. The first-order valence-corrected chi connectivity index (χ1v) is 8.08. The van der Waals surface area contributed by atoms with E-state index < -0.39 is 0 Å². The van der Waals surface area contributed by atoms with Gasteiger partial charge in [-0.05, 0) is 54.3 Å². The maximum atomic E-state index is 14.1. The van der Waals surface area contributed by atoms with Gasteiger partial charge in [-0.1, -0.05) is 6.07 Å². The summed E-state index contributed by atoms with van der Waals surface area (Å²) < 4.78 is 30.2. The number of rotatable bonds is 5. The van der Waals surface area contributed by atoms with Gasteiger partial charge < -0.3 is 19.5 Å². The van der Waals surface area contributed by atoms with E-state index in [9.17, 15) is 4.39 Å². The van der Waals surface area contributed by atoms with Crippen molar-refractivity contribution in [3.05, 3.63) is 52.8 Å². The van der Waals surface area contributed by atoms with Crippen LogP contribution in [0.3, 0.4) is 0 Å². The Bertz CT molecular complexity index is 733. The van der Waals surface area contributed by atoms with Crippen molar-refractivity contribution in [3.8, 4) is 17.2 Å². The molecule has 1 aliphatic rings. The SMILES string of the molecule is CCOc1cc2c(cc1OC)CCNC2c1ccc(OC)c(F)c1. The molecule has 0 aromatic heterocycles. The lowest BCUT2D eigenvalue weighted by atomic mass is 9.89. The van der Waals surface area contributed by atoms with E-state index in [2.05, 4.69) is 5.32 Å². The van der Waals surface area contributed by atoms with Crippen LogP contribution < -0.4 is 19.5 Å². The molecule has 1 atom stereocenters. The summed E-state index contributed by atoms with van der Waals surface area (Å²) in [6.45, 7) is 3.32. The molecule has 0 amide bonds. The van der Waals surface area contributed by atoms with Gasteiger partial charge in [0.25, 0.3) is 0 Å². The van der Waals surface area contributed by atoms with Gasteiger partial charge in [-0.15, -0.1) is 0 Å². The van der Waals surface area contributed by atoms with Crippen LogP contribution in [-0.4, -0.2) is 27.4 Å². The zero-order chi connectivity index (χ0) is 17.1. The van der Waals surface area contributed by atoms with Crippen LogP contribution in [0.1, 0.15) is 29.7 Å². The summed E-state index contributed by atoms with van der Waals surface area (Å²) in [5.74, 6) is 1.33. The Morgan fingerprint density at radius 2 is 1.88 bits per heavy atom. The quantitative estimate of drug-likeness (QED) is 0.911. The minimum absolute atomic E-state index is 0.0840. The first-order chi connectivity index (χ1) is 11.7. The van der Waals surface area contributed by atoms with Gasteiger partial charge in [0.1, 0.15) is 0 Å². The van der Waals surface area contributed by atoms with E-state index in [1.807, 2.05) is 25.1 Å². The second-order valence-electron chi connectivity index (χ2n) is 5.67. The van der Waals surface area contributed by atoms with Crippen LogP contribution in [0.2, 0.25) is 0 Å². The fraction of sp³-hybridized carbons (Fsp3) is 0.368. The molecule has 128 valence electrons. The third kappa shape index (κ3) is 3.04. The molecular weight excluding hydrogens is 309 g/mol. The minimum Gasteiger partial charge on any atom is -0.494 e. The molecule has 0 saturated carbocycles. The molecule has 0 radical (unpaired) electrons. The Balaban J connectivity index is 2.04. The van der Waals surface area contributed by atoms with E-state index in [4.69, 9.17) is 14.2 Å². The molecule has 0 saturated heterocycles. The highest BCUT2D eigenvalue weighted by Crippen LogP contribution is 2.38. The molecule has 5 heteroatoms. The van der Waals surface area contributed by atoms with E-state index in [1.54, 1.807) is 13.2 Å². The Kier molecular flexibility index (Phi) is 4.90. The number of benzene rings is 2. The largest absolute Gasteiger partial charge is 0.494 e. The van der Waals surface area contributed by atoms with Gasteiger partial charge >= 0.3 is 0 Å². The first kappa shape index (κ1) is 16.6. The van der Waals surface area contributed by atoms with Crippen molar-refractivity contribution in [3.63, 3.8) is 0 Å². The maximum absolute atomic E-state index is 14.1. The van der Waals surface area contributed by atoms with Crippen molar-refractivity contribution < 1.29 is 18.6 Å². The standard InChI is InChI=1S/C19H22FNO3/c1-4-24-18-11-14-12(10-17(18)23-3)7-8-21-19(14)13-5-6-16(22-2)15(20)9-13/h5-6,9-11,19,21H,4,7-8H2,1-3H3. The van der Waals surface area contributed by atoms with E-state index >= 15 is 0 Å². The number of hydrogen-bond donors (Lipinski definition) is 1. The summed E-state index contributed by atoms with van der Waals surface area (Å²) in [6, 6.07) is 9.01. The molecule has 0 fully saturated rings. The van der Waals surface area contributed by atoms with Gasteiger partial charge in [-0.3, -0.25) is 0 Å². The summed E-state index contributed by atoms with van der Waals surface area (Å²) >= 11 is 0. The van der Waals surface area contributed by atoms with Crippen LogP contribution in [0.25, 0.3) is 0 Å². The van der Waals surface area contributed by atoms with Crippen LogP contribution in [0.5, 0.6) is 17.2 Å². The van der Waals surface area contributed by atoms with Gasteiger partial charge in [0, 0.05) is 6.54 Å². The molecule has 1 heterocycles. The summed E-state index contributed by atoms with van der Waals surface area (Å²) in [5.41, 5.74) is 3.15. The van der Waals surface area contributed by atoms with Gasteiger partial charge in [-0.2, -0.15) is 0 Å². The van der Waals surface area contributed by atoms with Crippen molar-refractivity contribution in [1.82, 2.24) is 5.32 Å². The molecule has 4 nitrogen and oxygen atoms in total. The Morgan fingerprint density at radius 3 is 2.54 bits per heavy atom. The number of halogens is 1. The monoisotopic (exact) mass is 331 g/mol. The van der Waals surface area contributed by atoms with Gasteiger partial charge in [0.15, 0.2) is 23.1 Å². The lowest BCUT2D eigenvalue weighted by molar-refractivity contribution is 0.309. The first-order valence-electron chi connectivity index (χ1n) is 8.08. The predicted octanol–water partition coefficient (Wildman–Crippen LogP) is 3.48. The van der Waals surface area contributed by atoms with Crippen molar-refractivity contribution in [2.75, 3.05) is 27.4 Å². The highest BCUT2D eigenvalue weighted by molar-refractivity contribution is 5.52. The summed E-state index contributed by atoms with van der Waals surface area (Å²) in [4.78, 5) is 0. The van der Waals surface area contributed by atoms with E-state index in [0.29, 0.717) is 12.4 Å². The van der Waals surface area contributed by atoms with Gasteiger partial charge in [-0.25, -0.2) is 4.39 Å². The molecule has 24 heavy (non-hydrogen) atoms. The summed E-state index contributed by atoms with van der Waals surface area (Å²) in [7, 11) is 3.11. The molecule has 1 aliphatic heterocycles. The molecule has 0 bridgehead atoms. The second-order valence-corrected chi connectivity index (χ2v) is 5.67. The van der Waals surface area contributed by atoms with Crippen LogP contribution >= 0.6 is 0 Å². The Morgan fingerprint density at radius 1 is 1.08 bits per heavy atom. The third-order valence-electron chi connectivity index (χ3n) is 4.29. The van der Waals surface area contributed by atoms with E-state index in [-0.39, 0.29) is 17.6 Å². The summed E-state index contributed by atoms with van der Waals surface area (Å²) in [6.07, 6.45) is 0.896. The molecule has 0 spiro atoms. The van der Waals surface area contributed by atoms with Crippen LogP contribution in [0.4, 0.5) is 4.39 Å². The molecular formula is C19H22FNO3. The van der Waals surface area contributed by atoms with Gasteiger partial charge in [0.05, 0.1) is 26.9 Å². The predicted molar refractivity (Wildman–Crippen MR) is 90.7 cm³/mol. The number of nitrogens with one attached hydrogen (secondary N) is 1. The molecule has 3 rings (SSSR count).